The Kier molecular flexibility index (Phi) is 6.94. The van der Waals surface area contributed by atoms with Crippen LogP contribution in [0.15, 0.2) is 79.5 Å². The van der Waals surface area contributed by atoms with Crippen molar-refractivity contribution >= 4 is 17.5 Å². The lowest BCUT2D eigenvalue weighted by Crippen LogP contribution is -2.22. The molecule has 2 aromatic carbocycles. The first-order chi connectivity index (χ1) is 19.2. The lowest BCUT2D eigenvalue weighted by atomic mass is 9.92. The van der Waals surface area contributed by atoms with Gasteiger partial charge in [-0.25, -0.2) is 18.9 Å². The maximum atomic E-state index is 14.9. The van der Waals surface area contributed by atoms with E-state index in [2.05, 4.69) is 37.0 Å². The van der Waals surface area contributed by atoms with E-state index in [0.29, 0.717) is 28.6 Å². The quantitative estimate of drug-likeness (QED) is 0.288. The molecule has 11 nitrogen and oxygen atoms in total. The summed E-state index contributed by atoms with van der Waals surface area (Å²) >= 11 is 0. The number of halogens is 1. The highest BCUT2D eigenvalue weighted by molar-refractivity contribution is 5.99. The number of rotatable bonds is 6. The Hall–Kier alpha value is -5.57. The van der Waals surface area contributed by atoms with Crippen LogP contribution in [0.1, 0.15) is 32.0 Å². The van der Waals surface area contributed by atoms with Crippen LogP contribution >= 0.6 is 0 Å². The minimum Gasteiger partial charge on any atom is -0.457 e. The molecule has 2 amide bonds. The summed E-state index contributed by atoms with van der Waals surface area (Å²) in [6.45, 7) is 5.99. The zero-order chi connectivity index (χ0) is 28.3. The van der Waals surface area contributed by atoms with Crippen LogP contribution in [0.3, 0.4) is 0 Å². The molecule has 0 unspecified atom stereocenters. The highest BCUT2D eigenvalue weighted by atomic mass is 19.1. The Balaban J connectivity index is 1.32. The van der Waals surface area contributed by atoms with Gasteiger partial charge in [-0.2, -0.15) is 10.4 Å². The number of nitrogens with one attached hydrogen (secondary N) is 2. The summed E-state index contributed by atoms with van der Waals surface area (Å²) in [7, 11) is 0. The monoisotopic (exact) mass is 537 g/mol. The number of carbonyl (C=O) groups excluding carboxylic acids is 1. The molecule has 0 aliphatic carbocycles. The predicted molar refractivity (Wildman–Crippen MR) is 145 cm³/mol. The normalized spacial score (nSPS) is 11.1. The van der Waals surface area contributed by atoms with Gasteiger partial charge in [0.25, 0.3) is 0 Å². The molecule has 2 N–H and O–H groups in total. The first-order valence-electron chi connectivity index (χ1n) is 12.2. The van der Waals surface area contributed by atoms with Crippen LogP contribution in [0.25, 0.3) is 11.5 Å². The molecule has 0 bridgehead atoms. The lowest BCUT2D eigenvalue weighted by Gasteiger charge is -2.14. The van der Waals surface area contributed by atoms with Crippen molar-refractivity contribution in [1.82, 2.24) is 29.5 Å². The zero-order valence-electron chi connectivity index (χ0n) is 21.8. The lowest BCUT2D eigenvalue weighted by molar-refractivity contribution is 0.262. The second-order valence-corrected chi connectivity index (χ2v) is 9.78. The number of hydrogen-bond donors (Lipinski definition) is 2. The van der Waals surface area contributed by atoms with Crippen molar-refractivity contribution in [2.24, 2.45) is 0 Å². The summed E-state index contributed by atoms with van der Waals surface area (Å²) in [5.41, 5.74) is 1.42. The molecule has 0 saturated heterocycles. The van der Waals surface area contributed by atoms with E-state index >= 15 is 0 Å². The van der Waals surface area contributed by atoms with Crippen molar-refractivity contribution in [1.29, 1.82) is 5.26 Å². The van der Waals surface area contributed by atoms with Gasteiger partial charge < -0.3 is 10.1 Å². The largest absolute Gasteiger partial charge is 0.457 e. The van der Waals surface area contributed by atoms with E-state index in [1.54, 1.807) is 53.2 Å². The number of amides is 2. The fraction of sp³-hybridized carbons (Fsp3) is 0.143. The minimum absolute atomic E-state index is 0.0432. The van der Waals surface area contributed by atoms with Crippen molar-refractivity contribution in [3.05, 3.63) is 96.6 Å². The van der Waals surface area contributed by atoms with Crippen molar-refractivity contribution in [3.8, 4) is 29.1 Å². The van der Waals surface area contributed by atoms with E-state index in [1.165, 1.54) is 35.5 Å². The number of aromatic nitrogens is 6. The zero-order valence-corrected chi connectivity index (χ0v) is 21.8. The van der Waals surface area contributed by atoms with E-state index in [9.17, 15) is 14.4 Å². The highest BCUT2D eigenvalue weighted by Crippen LogP contribution is 2.28. The van der Waals surface area contributed by atoms with Crippen LogP contribution in [0.5, 0.6) is 11.5 Å². The number of urea groups is 1. The molecular formula is C28H24FN9O2. The summed E-state index contributed by atoms with van der Waals surface area (Å²) in [6, 6.07) is 17.4. The number of anilines is 2. The third-order valence-electron chi connectivity index (χ3n) is 5.76. The smallest absolute Gasteiger partial charge is 0.324 e. The second kappa shape index (κ2) is 10.7. The molecule has 200 valence electrons. The van der Waals surface area contributed by atoms with E-state index in [4.69, 9.17) is 4.74 Å². The predicted octanol–water partition coefficient (Wildman–Crippen LogP) is 5.59. The molecule has 0 spiro atoms. The van der Waals surface area contributed by atoms with Crippen LogP contribution in [0.4, 0.5) is 20.7 Å². The highest BCUT2D eigenvalue weighted by Gasteiger charge is 2.22. The van der Waals surface area contributed by atoms with E-state index in [0.717, 1.165) is 5.69 Å². The molecule has 0 saturated carbocycles. The van der Waals surface area contributed by atoms with Crippen LogP contribution in [-0.2, 0) is 5.41 Å². The molecule has 5 rings (SSSR count). The molecule has 5 aromatic rings. The Morgan fingerprint density at radius 3 is 2.50 bits per heavy atom. The minimum atomic E-state index is -0.689. The second-order valence-electron chi connectivity index (χ2n) is 9.78. The fourth-order valence-corrected chi connectivity index (χ4v) is 3.73. The van der Waals surface area contributed by atoms with Crippen molar-refractivity contribution in [2.45, 2.75) is 26.2 Å². The average Bonchev–Trinajstić information content (AvgIpc) is 3.61. The van der Waals surface area contributed by atoms with Gasteiger partial charge in [0, 0.05) is 29.8 Å². The van der Waals surface area contributed by atoms with Crippen LogP contribution in [0.2, 0.25) is 0 Å². The molecule has 0 aliphatic heterocycles. The molecule has 40 heavy (non-hydrogen) atoms. The molecule has 0 fully saturated rings. The van der Waals surface area contributed by atoms with Crippen LogP contribution < -0.4 is 15.4 Å². The van der Waals surface area contributed by atoms with Gasteiger partial charge >= 0.3 is 6.03 Å². The van der Waals surface area contributed by atoms with Crippen LogP contribution in [0, 0.1) is 17.1 Å². The van der Waals surface area contributed by atoms with Crippen molar-refractivity contribution in [3.63, 3.8) is 0 Å². The van der Waals surface area contributed by atoms with Gasteiger partial charge in [-0.15, -0.1) is 10.2 Å². The first-order valence-corrected chi connectivity index (χ1v) is 12.2. The van der Waals surface area contributed by atoms with Gasteiger partial charge in [-0.05, 0) is 36.4 Å². The molecule has 3 heterocycles. The van der Waals surface area contributed by atoms with Gasteiger partial charge in [-0.1, -0.05) is 26.8 Å². The van der Waals surface area contributed by atoms with Gasteiger partial charge in [0.1, 0.15) is 41.6 Å². The third-order valence-corrected chi connectivity index (χ3v) is 5.76. The van der Waals surface area contributed by atoms with Gasteiger partial charge in [0.05, 0.1) is 28.7 Å². The number of ether oxygens (including phenoxy) is 1. The average molecular weight is 538 g/mol. The summed E-state index contributed by atoms with van der Waals surface area (Å²) in [5, 5.41) is 26.7. The summed E-state index contributed by atoms with van der Waals surface area (Å²) < 4.78 is 23.9. The summed E-state index contributed by atoms with van der Waals surface area (Å²) in [4.78, 5) is 17.1. The van der Waals surface area contributed by atoms with E-state index in [1.807, 2.05) is 20.8 Å². The third kappa shape index (κ3) is 5.78. The Labute approximate surface area is 228 Å². The maximum absolute atomic E-state index is 14.9. The van der Waals surface area contributed by atoms with Gasteiger partial charge in [0.2, 0.25) is 0 Å². The maximum Gasteiger partial charge on any atom is 0.324 e. The molecule has 12 heteroatoms. The number of carbonyl (C=O) groups is 1. The Morgan fingerprint density at radius 1 is 1.00 bits per heavy atom. The molecule has 0 aliphatic rings. The molecule has 0 atom stereocenters. The standard InChI is InChI=1S/C28H24FN9O2/c1-28(2,3)24-14-26(38(36-24)19-6-4-5-18(11-19)15-30)35-27(39)34-23-8-7-20(12-22(23)29)40-21-9-10-31-25(13-21)37-16-32-33-17-37/h4-14,16-17H,1-3H3,(H2,34,35,39). The number of hydrogen-bond acceptors (Lipinski definition) is 7. The van der Waals surface area contributed by atoms with Gasteiger partial charge in [-0.3, -0.25) is 9.88 Å². The van der Waals surface area contributed by atoms with E-state index in [-0.39, 0.29) is 16.9 Å². The first kappa shape index (κ1) is 26.1. The number of nitriles is 1. The number of pyridine rings is 1. The summed E-state index contributed by atoms with van der Waals surface area (Å²) in [6.07, 6.45) is 4.54. The molecule has 3 aromatic heterocycles. The van der Waals surface area contributed by atoms with Crippen molar-refractivity contribution < 1.29 is 13.9 Å². The summed E-state index contributed by atoms with van der Waals surface area (Å²) in [5.74, 6) is 0.867. The Morgan fingerprint density at radius 2 is 1.77 bits per heavy atom. The Bertz CT molecular complexity index is 1720. The number of benzene rings is 2. The number of nitrogens with zero attached hydrogens (tertiary/aromatic N) is 7. The SMILES string of the molecule is CC(C)(C)c1cc(NC(=O)Nc2ccc(Oc3ccnc(-n4cnnc4)c3)cc2F)n(-c2cccc(C#N)c2)n1. The topological polar surface area (TPSA) is 136 Å². The molecular weight excluding hydrogens is 513 g/mol. The fourth-order valence-electron chi connectivity index (χ4n) is 3.73. The van der Waals surface area contributed by atoms with Crippen molar-refractivity contribution in [2.75, 3.05) is 10.6 Å². The van der Waals surface area contributed by atoms with Crippen LogP contribution in [-0.4, -0.2) is 35.6 Å². The molecule has 0 radical (unpaired) electrons. The van der Waals surface area contributed by atoms with Gasteiger partial charge in [0.15, 0.2) is 0 Å². The van der Waals surface area contributed by atoms with E-state index < -0.39 is 11.8 Å².